The molecule has 2 atom stereocenters. The molecule has 1 nitrogen and oxygen atoms in total. The van der Waals surface area contributed by atoms with E-state index < -0.39 is 0 Å². The number of thiophene rings is 1. The minimum atomic E-state index is 0.528. The summed E-state index contributed by atoms with van der Waals surface area (Å²) in [6.07, 6.45) is 8.00. The summed E-state index contributed by atoms with van der Waals surface area (Å²) >= 11 is 1.82. The van der Waals surface area contributed by atoms with Gasteiger partial charge in [0.1, 0.15) is 0 Å². The van der Waals surface area contributed by atoms with E-state index in [1.807, 2.05) is 11.3 Å². The molecule has 0 amide bonds. The van der Waals surface area contributed by atoms with Gasteiger partial charge in [-0.1, -0.05) is 27.2 Å². The van der Waals surface area contributed by atoms with Crippen molar-refractivity contribution < 1.29 is 0 Å². The number of hydrogen-bond acceptors (Lipinski definition) is 2. The molecule has 2 heteroatoms. The van der Waals surface area contributed by atoms with Crippen molar-refractivity contribution in [3.05, 3.63) is 22.4 Å². The van der Waals surface area contributed by atoms with E-state index in [4.69, 9.17) is 0 Å². The number of nitrogens with one attached hydrogen (secondary N) is 1. The van der Waals surface area contributed by atoms with Crippen LogP contribution < -0.4 is 5.32 Å². The molecule has 1 aromatic heterocycles. The lowest BCUT2D eigenvalue weighted by Crippen LogP contribution is -2.41. The van der Waals surface area contributed by atoms with Gasteiger partial charge in [-0.15, -0.1) is 0 Å². The van der Waals surface area contributed by atoms with Crippen LogP contribution in [0, 0.1) is 11.3 Å². The van der Waals surface area contributed by atoms with Crippen LogP contribution in [0.4, 0.5) is 0 Å². The SMILES string of the molecule is CCCNC(CCc1ccsc1)C1CCCC1(C)C. The van der Waals surface area contributed by atoms with E-state index in [0.717, 1.165) is 5.92 Å². The quantitative estimate of drug-likeness (QED) is 0.750. The second-order valence-electron chi connectivity index (χ2n) is 6.72. The van der Waals surface area contributed by atoms with Crippen molar-refractivity contribution in [2.24, 2.45) is 11.3 Å². The molecule has 1 aliphatic carbocycles. The maximum Gasteiger partial charge on any atom is 0.0104 e. The van der Waals surface area contributed by atoms with E-state index in [1.54, 1.807) is 0 Å². The van der Waals surface area contributed by atoms with Crippen LogP contribution in [-0.4, -0.2) is 12.6 Å². The Morgan fingerprint density at radius 2 is 2.32 bits per heavy atom. The van der Waals surface area contributed by atoms with Crippen molar-refractivity contribution in [1.29, 1.82) is 0 Å². The second-order valence-corrected chi connectivity index (χ2v) is 7.50. The summed E-state index contributed by atoms with van der Waals surface area (Å²) in [6, 6.07) is 2.98. The van der Waals surface area contributed by atoms with Crippen LogP contribution in [0.5, 0.6) is 0 Å². The first-order valence-corrected chi connectivity index (χ1v) is 8.82. The molecule has 0 aromatic carbocycles. The van der Waals surface area contributed by atoms with Crippen LogP contribution in [0.2, 0.25) is 0 Å². The average molecular weight is 279 g/mol. The number of rotatable bonds is 7. The van der Waals surface area contributed by atoms with Crippen molar-refractivity contribution in [1.82, 2.24) is 5.32 Å². The summed E-state index contributed by atoms with van der Waals surface area (Å²) in [5.74, 6) is 0.859. The summed E-state index contributed by atoms with van der Waals surface area (Å²) in [6.45, 7) is 8.37. The zero-order chi connectivity index (χ0) is 13.7. The van der Waals surface area contributed by atoms with Gasteiger partial charge in [-0.05, 0) is 72.4 Å². The molecule has 2 rings (SSSR count). The van der Waals surface area contributed by atoms with Crippen molar-refractivity contribution in [3.8, 4) is 0 Å². The lowest BCUT2D eigenvalue weighted by Gasteiger charge is -2.35. The summed E-state index contributed by atoms with van der Waals surface area (Å²) in [5.41, 5.74) is 2.05. The molecule has 1 aliphatic rings. The Kier molecular flexibility index (Phi) is 5.47. The molecule has 0 aliphatic heterocycles. The fourth-order valence-electron chi connectivity index (χ4n) is 3.63. The van der Waals surface area contributed by atoms with Gasteiger partial charge >= 0.3 is 0 Å². The van der Waals surface area contributed by atoms with Crippen molar-refractivity contribution in [2.75, 3.05) is 6.54 Å². The normalized spacial score (nSPS) is 23.6. The highest BCUT2D eigenvalue weighted by Crippen LogP contribution is 2.45. The van der Waals surface area contributed by atoms with E-state index in [0.29, 0.717) is 11.5 Å². The van der Waals surface area contributed by atoms with E-state index in [1.165, 1.54) is 50.6 Å². The van der Waals surface area contributed by atoms with Crippen molar-refractivity contribution in [2.45, 2.75) is 65.3 Å². The Morgan fingerprint density at radius 3 is 2.89 bits per heavy atom. The Bertz CT molecular complexity index is 355. The molecular weight excluding hydrogens is 250 g/mol. The van der Waals surface area contributed by atoms with Crippen molar-refractivity contribution >= 4 is 11.3 Å². The van der Waals surface area contributed by atoms with E-state index in [9.17, 15) is 0 Å². The van der Waals surface area contributed by atoms with Gasteiger partial charge in [0.25, 0.3) is 0 Å². The lowest BCUT2D eigenvalue weighted by atomic mass is 9.76. The van der Waals surface area contributed by atoms with E-state index >= 15 is 0 Å². The highest BCUT2D eigenvalue weighted by Gasteiger charge is 2.38. The molecule has 0 radical (unpaired) electrons. The molecule has 19 heavy (non-hydrogen) atoms. The van der Waals surface area contributed by atoms with Crippen LogP contribution in [0.3, 0.4) is 0 Å². The van der Waals surface area contributed by atoms with Crippen LogP contribution in [0.15, 0.2) is 16.8 Å². The van der Waals surface area contributed by atoms with Gasteiger partial charge in [0.15, 0.2) is 0 Å². The molecule has 1 aromatic rings. The smallest absolute Gasteiger partial charge is 0.0104 e. The number of hydrogen-bond donors (Lipinski definition) is 1. The maximum absolute atomic E-state index is 3.83. The van der Waals surface area contributed by atoms with Crippen LogP contribution in [0.1, 0.15) is 58.4 Å². The zero-order valence-corrected chi connectivity index (χ0v) is 13.6. The first kappa shape index (κ1) is 15.1. The second kappa shape index (κ2) is 6.90. The molecule has 1 N–H and O–H groups in total. The molecular formula is C17H29NS. The molecule has 0 saturated heterocycles. The predicted molar refractivity (Wildman–Crippen MR) is 85.8 cm³/mol. The third kappa shape index (κ3) is 4.06. The largest absolute Gasteiger partial charge is 0.314 e. The summed E-state index contributed by atoms with van der Waals surface area (Å²) < 4.78 is 0. The van der Waals surface area contributed by atoms with E-state index in [-0.39, 0.29) is 0 Å². The lowest BCUT2D eigenvalue weighted by molar-refractivity contribution is 0.190. The maximum atomic E-state index is 3.83. The van der Waals surface area contributed by atoms with Gasteiger partial charge in [0.2, 0.25) is 0 Å². The van der Waals surface area contributed by atoms with Gasteiger partial charge in [0, 0.05) is 6.04 Å². The minimum Gasteiger partial charge on any atom is -0.314 e. The zero-order valence-electron chi connectivity index (χ0n) is 12.7. The van der Waals surface area contributed by atoms with Gasteiger partial charge in [-0.3, -0.25) is 0 Å². The van der Waals surface area contributed by atoms with Gasteiger partial charge < -0.3 is 5.32 Å². The summed E-state index contributed by atoms with van der Waals surface area (Å²) in [4.78, 5) is 0. The van der Waals surface area contributed by atoms with Crippen molar-refractivity contribution in [3.63, 3.8) is 0 Å². The number of aryl methyl sites for hydroxylation is 1. The molecule has 1 saturated carbocycles. The monoisotopic (exact) mass is 279 g/mol. The van der Waals surface area contributed by atoms with Gasteiger partial charge in [-0.25, -0.2) is 0 Å². The molecule has 1 fully saturated rings. The Morgan fingerprint density at radius 1 is 1.47 bits per heavy atom. The van der Waals surface area contributed by atoms with E-state index in [2.05, 4.69) is 42.9 Å². The van der Waals surface area contributed by atoms with Crippen LogP contribution >= 0.6 is 11.3 Å². The first-order chi connectivity index (χ1) is 9.13. The first-order valence-electron chi connectivity index (χ1n) is 7.88. The third-order valence-corrected chi connectivity index (χ3v) is 5.54. The van der Waals surface area contributed by atoms with Gasteiger partial charge in [0.05, 0.1) is 0 Å². The average Bonchev–Trinajstić information content (AvgIpc) is 2.99. The molecule has 0 spiro atoms. The Hall–Kier alpha value is -0.340. The summed E-state index contributed by atoms with van der Waals surface area (Å²) in [7, 11) is 0. The fourth-order valence-corrected chi connectivity index (χ4v) is 4.33. The van der Waals surface area contributed by atoms with Crippen LogP contribution in [0.25, 0.3) is 0 Å². The highest BCUT2D eigenvalue weighted by atomic mass is 32.1. The van der Waals surface area contributed by atoms with Gasteiger partial charge in [-0.2, -0.15) is 11.3 Å². The van der Waals surface area contributed by atoms with Crippen LogP contribution in [-0.2, 0) is 6.42 Å². The standard InChI is InChI=1S/C17H29NS/c1-4-11-18-16(8-7-14-9-12-19-13-14)15-6-5-10-17(15,2)3/h9,12-13,15-16,18H,4-8,10-11H2,1-3H3. The molecule has 1 heterocycles. The topological polar surface area (TPSA) is 12.0 Å². The minimum absolute atomic E-state index is 0.528. The molecule has 2 unspecified atom stereocenters. The molecule has 0 bridgehead atoms. The highest BCUT2D eigenvalue weighted by molar-refractivity contribution is 7.07. The Labute approximate surface area is 122 Å². The summed E-state index contributed by atoms with van der Waals surface area (Å²) in [5, 5.41) is 8.33. The Balaban J connectivity index is 1.94. The molecule has 108 valence electrons. The third-order valence-electron chi connectivity index (χ3n) is 4.81. The predicted octanol–water partition coefficient (Wildman–Crippen LogP) is 4.88. The fraction of sp³-hybridized carbons (Fsp3) is 0.765.